The molecule has 1 saturated heterocycles. The second kappa shape index (κ2) is 6.65. The SMILES string of the molecule is CC(C)C(NC(N)=O)C(=O)N1CCSCC1C(=O)O. The summed E-state index contributed by atoms with van der Waals surface area (Å²) >= 11 is 1.50. The standard InChI is InChI=1S/C11H19N3O4S/c1-6(2)8(13-11(12)18)9(15)14-3-4-19-5-7(14)10(16)17/h6-8H,3-5H2,1-2H3,(H,16,17)(H3,12,13,18). The van der Waals surface area contributed by atoms with Crippen molar-refractivity contribution in [2.75, 3.05) is 18.1 Å². The normalized spacial score (nSPS) is 21.0. The highest BCUT2D eigenvalue weighted by atomic mass is 32.2. The smallest absolute Gasteiger partial charge is 0.327 e. The van der Waals surface area contributed by atoms with Gasteiger partial charge in [-0.25, -0.2) is 9.59 Å². The Kier molecular flexibility index (Phi) is 5.46. The molecule has 8 heteroatoms. The van der Waals surface area contributed by atoms with Crippen LogP contribution in [0.5, 0.6) is 0 Å². The second-order valence-electron chi connectivity index (χ2n) is 4.69. The van der Waals surface area contributed by atoms with Crippen LogP contribution in [0.25, 0.3) is 0 Å². The molecule has 0 aromatic rings. The summed E-state index contributed by atoms with van der Waals surface area (Å²) in [5, 5.41) is 11.5. The lowest BCUT2D eigenvalue weighted by molar-refractivity contribution is -0.150. The molecule has 0 radical (unpaired) electrons. The van der Waals surface area contributed by atoms with E-state index in [2.05, 4.69) is 5.32 Å². The van der Waals surface area contributed by atoms with Crippen molar-refractivity contribution < 1.29 is 19.5 Å². The highest BCUT2D eigenvalue weighted by Gasteiger charge is 2.37. The summed E-state index contributed by atoms with van der Waals surface area (Å²) in [4.78, 5) is 35.8. The molecule has 0 bridgehead atoms. The van der Waals surface area contributed by atoms with Crippen LogP contribution in [0.15, 0.2) is 0 Å². The summed E-state index contributed by atoms with van der Waals surface area (Å²) in [5.41, 5.74) is 5.05. The Morgan fingerprint density at radius 3 is 2.53 bits per heavy atom. The maximum absolute atomic E-state index is 12.4. The number of rotatable bonds is 4. The first-order chi connectivity index (χ1) is 8.84. The van der Waals surface area contributed by atoms with Crippen LogP contribution in [0.4, 0.5) is 4.79 Å². The number of urea groups is 1. The number of primary amides is 1. The van der Waals surface area contributed by atoms with E-state index in [1.807, 2.05) is 0 Å². The largest absolute Gasteiger partial charge is 0.480 e. The molecule has 19 heavy (non-hydrogen) atoms. The number of carbonyl (C=O) groups excluding carboxylic acids is 2. The molecule has 0 aliphatic carbocycles. The lowest BCUT2D eigenvalue weighted by Crippen LogP contribution is -2.58. The Labute approximate surface area is 115 Å². The van der Waals surface area contributed by atoms with Crippen LogP contribution >= 0.6 is 11.8 Å². The van der Waals surface area contributed by atoms with Gasteiger partial charge in [-0.3, -0.25) is 4.79 Å². The van der Waals surface area contributed by atoms with Crippen molar-refractivity contribution in [1.82, 2.24) is 10.2 Å². The zero-order valence-corrected chi connectivity index (χ0v) is 11.8. The van der Waals surface area contributed by atoms with Crippen LogP contribution in [0.1, 0.15) is 13.8 Å². The molecule has 1 heterocycles. The van der Waals surface area contributed by atoms with Crippen molar-refractivity contribution in [3.8, 4) is 0 Å². The summed E-state index contributed by atoms with van der Waals surface area (Å²) in [5.74, 6) is -0.521. The molecular weight excluding hydrogens is 270 g/mol. The summed E-state index contributed by atoms with van der Waals surface area (Å²) in [6.07, 6.45) is 0. The lowest BCUT2D eigenvalue weighted by atomic mass is 10.0. The van der Waals surface area contributed by atoms with Gasteiger partial charge >= 0.3 is 12.0 Å². The van der Waals surface area contributed by atoms with E-state index < -0.39 is 24.1 Å². The molecule has 2 unspecified atom stereocenters. The molecular formula is C11H19N3O4S. The van der Waals surface area contributed by atoms with Crippen molar-refractivity contribution >= 4 is 29.7 Å². The number of hydrogen-bond acceptors (Lipinski definition) is 4. The predicted octanol–water partition coefficient (Wildman–Crippen LogP) is -0.292. The van der Waals surface area contributed by atoms with Crippen LogP contribution in [-0.2, 0) is 9.59 Å². The lowest BCUT2D eigenvalue weighted by Gasteiger charge is -2.36. The summed E-state index contributed by atoms with van der Waals surface area (Å²) < 4.78 is 0. The fraction of sp³-hybridized carbons (Fsp3) is 0.727. The third kappa shape index (κ3) is 4.02. The molecule has 2 atom stereocenters. The summed E-state index contributed by atoms with van der Waals surface area (Å²) in [6.45, 7) is 3.91. The van der Waals surface area contributed by atoms with Crippen molar-refractivity contribution in [2.24, 2.45) is 11.7 Å². The van der Waals surface area contributed by atoms with Crippen molar-refractivity contribution in [3.63, 3.8) is 0 Å². The van der Waals surface area contributed by atoms with Gasteiger partial charge < -0.3 is 21.1 Å². The number of amides is 3. The fourth-order valence-electron chi connectivity index (χ4n) is 1.92. The van der Waals surface area contributed by atoms with Crippen LogP contribution < -0.4 is 11.1 Å². The number of thioether (sulfide) groups is 1. The molecule has 108 valence electrons. The zero-order valence-electron chi connectivity index (χ0n) is 11.0. The van der Waals surface area contributed by atoms with E-state index >= 15 is 0 Å². The van der Waals surface area contributed by atoms with Crippen molar-refractivity contribution in [1.29, 1.82) is 0 Å². The molecule has 1 fully saturated rings. The topological polar surface area (TPSA) is 113 Å². The number of carboxylic acids is 1. The van der Waals surface area contributed by atoms with E-state index in [-0.39, 0.29) is 11.8 Å². The van der Waals surface area contributed by atoms with E-state index in [1.165, 1.54) is 16.7 Å². The van der Waals surface area contributed by atoms with Gasteiger partial charge in [-0.05, 0) is 5.92 Å². The first kappa shape index (κ1) is 15.6. The highest BCUT2D eigenvalue weighted by molar-refractivity contribution is 7.99. The molecule has 7 nitrogen and oxygen atoms in total. The minimum atomic E-state index is -1.03. The van der Waals surface area contributed by atoms with Gasteiger partial charge in [0.25, 0.3) is 0 Å². The maximum atomic E-state index is 12.4. The Balaban J connectivity index is 2.87. The van der Waals surface area contributed by atoms with Crippen LogP contribution in [-0.4, -0.2) is 58.0 Å². The summed E-state index contributed by atoms with van der Waals surface area (Å²) in [7, 11) is 0. The molecule has 0 aromatic carbocycles. The molecule has 1 aliphatic rings. The molecule has 0 aromatic heterocycles. The molecule has 0 saturated carbocycles. The van der Waals surface area contributed by atoms with Gasteiger partial charge in [0.1, 0.15) is 12.1 Å². The Bertz CT molecular complexity index is 375. The second-order valence-corrected chi connectivity index (χ2v) is 5.84. The molecule has 1 rings (SSSR count). The van der Waals surface area contributed by atoms with Gasteiger partial charge in [0, 0.05) is 18.1 Å². The number of nitrogens with two attached hydrogens (primary N) is 1. The Morgan fingerprint density at radius 1 is 1.42 bits per heavy atom. The number of nitrogens with one attached hydrogen (secondary N) is 1. The molecule has 4 N–H and O–H groups in total. The van der Waals surface area contributed by atoms with Gasteiger partial charge in [-0.1, -0.05) is 13.8 Å². The molecule has 1 aliphatic heterocycles. The van der Waals surface area contributed by atoms with E-state index in [0.717, 1.165) is 0 Å². The van der Waals surface area contributed by atoms with E-state index in [4.69, 9.17) is 10.8 Å². The van der Waals surface area contributed by atoms with Crippen LogP contribution in [0.2, 0.25) is 0 Å². The van der Waals surface area contributed by atoms with E-state index in [1.54, 1.807) is 13.8 Å². The number of carbonyl (C=O) groups is 3. The fourth-order valence-corrected chi connectivity index (χ4v) is 2.96. The average molecular weight is 289 g/mol. The van der Waals surface area contributed by atoms with Crippen molar-refractivity contribution in [3.05, 3.63) is 0 Å². The van der Waals surface area contributed by atoms with Gasteiger partial charge in [-0.2, -0.15) is 11.8 Å². The van der Waals surface area contributed by atoms with Gasteiger partial charge in [0.15, 0.2) is 0 Å². The van der Waals surface area contributed by atoms with E-state index in [9.17, 15) is 14.4 Å². The zero-order chi connectivity index (χ0) is 14.6. The maximum Gasteiger partial charge on any atom is 0.327 e. The quantitative estimate of drug-likeness (QED) is 0.658. The number of carboxylic acid groups (broad SMARTS) is 1. The number of hydrogen-bond donors (Lipinski definition) is 3. The van der Waals surface area contributed by atoms with Crippen molar-refractivity contribution in [2.45, 2.75) is 25.9 Å². The third-order valence-electron chi connectivity index (χ3n) is 2.93. The van der Waals surface area contributed by atoms with Gasteiger partial charge in [0.2, 0.25) is 5.91 Å². The summed E-state index contributed by atoms with van der Waals surface area (Å²) in [6, 6.07) is -2.42. The molecule has 0 spiro atoms. The minimum Gasteiger partial charge on any atom is -0.480 e. The minimum absolute atomic E-state index is 0.163. The molecule has 3 amide bonds. The van der Waals surface area contributed by atoms with Gasteiger partial charge in [0.05, 0.1) is 0 Å². The van der Waals surface area contributed by atoms with Gasteiger partial charge in [-0.15, -0.1) is 0 Å². The first-order valence-electron chi connectivity index (χ1n) is 6.01. The Morgan fingerprint density at radius 2 is 2.05 bits per heavy atom. The average Bonchev–Trinajstić information content (AvgIpc) is 2.34. The predicted molar refractivity (Wildman–Crippen MR) is 71.8 cm³/mol. The van der Waals surface area contributed by atoms with Crippen LogP contribution in [0.3, 0.4) is 0 Å². The monoisotopic (exact) mass is 289 g/mol. The van der Waals surface area contributed by atoms with E-state index in [0.29, 0.717) is 18.1 Å². The number of nitrogens with zero attached hydrogens (tertiary/aromatic N) is 1. The Hall–Kier alpha value is -1.44. The third-order valence-corrected chi connectivity index (χ3v) is 3.95. The first-order valence-corrected chi connectivity index (χ1v) is 7.17. The van der Waals surface area contributed by atoms with Crippen LogP contribution in [0, 0.1) is 5.92 Å². The number of aliphatic carboxylic acids is 1. The highest BCUT2D eigenvalue weighted by Crippen LogP contribution is 2.19.